The number of thiazole rings is 1. The number of aromatic nitrogens is 1. The van der Waals surface area contributed by atoms with Crippen LogP contribution in [0.5, 0.6) is 0 Å². The van der Waals surface area contributed by atoms with Gasteiger partial charge in [-0.1, -0.05) is 0 Å². The average molecular weight is 351 g/mol. The van der Waals surface area contributed by atoms with E-state index in [1.54, 1.807) is 6.92 Å². The van der Waals surface area contributed by atoms with Crippen LogP contribution in [0.3, 0.4) is 0 Å². The van der Waals surface area contributed by atoms with Gasteiger partial charge in [-0.05, 0) is 31.9 Å². The van der Waals surface area contributed by atoms with Crippen molar-refractivity contribution in [1.82, 2.24) is 10.3 Å². The second-order valence-corrected chi connectivity index (χ2v) is 6.70. The van der Waals surface area contributed by atoms with E-state index in [-0.39, 0.29) is 24.1 Å². The van der Waals surface area contributed by atoms with Gasteiger partial charge in [0.05, 0.1) is 17.8 Å². The molecule has 24 heavy (non-hydrogen) atoms. The minimum Gasteiger partial charge on any atom is -0.349 e. The Morgan fingerprint density at radius 1 is 1.33 bits per heavy atom. The fraction of sp³-hybridized carbons (Fsp3) is 0.312. The molecule has 0 atom stereocenters. The summed E-state index contributed by atoms with van der Waals surface area (Å²) in [5.41, 5.74) is 0.331. The van der Waals surface area contributed by atoms with Crippen LogP contribution in [0.25, 0.3) is 0 Å². The lowest BCUT2D eigenvalue weighted by atomic mass is 10.3. The van der Waals surface area contributed by atoms with E-state index in [4.69, 9.17) is 0 Å². The highest BCUT2D eigenvalue weighted by Crippen LogP contribution is 2.23. The van der Waals surface area contributed by atoms with E-state index in [1.165, 1.54) is 0 Å². The summed E-state index contributed by atoms with van der Waals surface area (Å²) in [5.74, 6) is -2.07. The molecule has 1 aromatic heterocycles. The van der Waals surface area contributed by atoms with Crippen molar-refractivity contribution in [1.29, 1.82) is 0 Å². The smallest absolute Gasteiger partial charge is 0.263 e. The van der Waals surface area contributed by atoms with Gasteiger partial charge in [0.1, 0.15) is 21.5 Å². The Hall–Kier alpha value is -2.35. The van der Waals surface area contributed by atoms with Crippen LogP contribution in [-0.2, 0) is 11.2 Å². The summed E-state index contributed by atoms with van der Waals surface area (Å²) in [5, 5.41) is 5.63. The van der Waals surface area contributed by atoms with Crippen LogP contribution in [0.4, 0.5) is 14.5 Å². The molecule has 2 amide bonds. The first-order valence-electron chi connectivity index (χ1n) is 7.44. The van der Waals surface area contributed by atoms with Crippen LogP contribution >= 0.6 is 11.3 Å². The zero-order valence-electron chi connectivity index (χ0n) is 12.9. The van der Waals surface area contributed by atoms with Crippen molar-refractivity contribution < 1.29 is 18.4 Å². The summed E-state index contributed by atoms with van der Waals surface area (Å²) in [7, 11) is 0. The highest BCUT2D eigenvalue weighted by Gasteiger charge is 2.26. The Kier molecular flexibility index (Phi) is 4.57. The third kappa shape index (κ3) is 3.94. The second kappa shape index (κ2) is 6.64. The Morgan fingerprint density at radius 3 is 2.79 bits per heavy atom. The molecule has 3 rings (SSSR count). The van der Waals surface area contributed by atoms with Gasteiger partial charge >= 0.3 is 0 Å². The molecule has 0 bridgehead atoms. The number of benzene rings is 1. The number of halogens is 2. The number of hydrogen-bond donors (Lipinski definition) is 2. The highest BCUT2D eigenvalue weighted by molar-refractivity contribution is 7.13. The number of rotatable bonds is 5. The van der Waals surface area contributed by atoms with Crippen LogP contribution in [0.1, 0.15) is 33.2 Å². The number of nitrogens with zero attached hydrogens (tertiary/aromatic N) is 1. The molecule has 0 unspecified atom stereocenters. The van der Waals surface area contributed by atoms with Crippen molar-refractivity contribution in [2.24, 2.45) is 0 Å². The molecule has 0 aliphatic heterocycles. The van der Waals surface area contributed by atoms with E-state index in [2.05, 4.69) is 15.6 Å². The second-order valence-electron chi connectivity index (χ2n) is 5.62. The van der Waals surface area contributed by atoms with Crippen molar-refractivity contribution in [3.8, 4) is 0 Å². The minimum absolute atomic E-state index is 0.113. The molecular weight excluding hydrogens is 336 g/mol. The number of carbonyl (C=O) groups is 2. The third-order valence-corrected chi connectivity index (χ3v) is 4.63. The first kappa shape index (κ1) is 16.5. The Balaban J connectivity index is 1.66. The van der Waals surface area contributed by atoms with Gasteiger partial charge in [-0.15, -0.1) is 11.3 Å². The lowest BCUT2D eigenvalue weighted by Crippen LogP contribution is -2.25. The summed E-state index contributed by atoms with van der Waals surface area (Å²) >= 11 is 1.13. The molecule has 0 saturated heterocycles. The monoisotopic (exact) mass is 351 g/mol. The quantitative estimate of drug-likeness (QED) is 0.870. The molecule has 1 saturated carbocycles. The SMILES string of the molecule is Cc1nc(CC(=O)Nc2cc(F)ccc2F)sc1C(=O)NC1CC1. The lowest BCUT2D eigenvalue weighted by Gasteiger charge is -2.05. The topological polar surface area (TPSA) is 71.1 Å². The van der Waals surface area contributed by atoms with Crippen LogP contribution < -0.4 is 10.6 Å². The molecular formula is C16H15F2N3O2S. The first-order chi connectivity index (χ1) is 11.4. The fourth-order valence-electron chi connectivity index (χ4n) is 2.14. The molecule has 1 fully saturated rings. The van der Waals surface area contributed by atoms with Gasteiger partial charge in [0.15, 0.2) is 0 Å². The van der Waals surface area contributed by atoms with Crippen molar-refractivity contribution in [2.75, 3.05) is 5.32 Å². The first-order valence-corrected chi connectivity index (χ1v) is 8.26. The van der Waals surface area contributed by atoms with Gasteiger partial charge in [-0.3, -0.25) is 9.59 Å². The fourth-order valence-corrected chi connectivity index (χ4v) is 3.11. The zero-order valence-corrected chi connectivity index (χ0v) is 13.7. The molecule has 1 aromatic carbocycles. The van der Waals surface area contributed by atoms with Crippen molar-refractivity contribution in [2.45, 2.75) is 32.2 Å². The van der Waals surface area contributed by atoms with E-state index < -0.39 is 17.5 Å². The average Bonchev–Trinajstić information content (AvgIpc) is 3.24. The number of nitrogens with one attached hydrogen (secondary N) is 2. The summed E-state index contributed by atoms with van der Waals surface area (Å²) in [6.45, 7) is 1.70. The maximum Gasteiger partial charge on any atom is 0.263 e. The van der Waals surface area contributed by atoms with E-state index in [9.17, 15) is 18.4 Å². The van der Waals surface area contributed by atoms with Crippen LogP contribution in [-0.4, -0.2) is 22.8 Å². The third-order valence-electron chi connectivity index (χ3n) is 3.47. The van der Waals surface area contributed by atoms with Gasteiger partial charge in [-0.25, -0.2) is 13.8 Å². The summed E-state index contributed by atoms with van der Waals surface area (Å²) < 4.78 is 26.6. The maximum absolute atomic E-state index is 13.5. The van der Waals surface area contributed by atoms with Gasteiger partial charge in [-0.2, -0.15) is 0 Å². The van der Waals surface area contributed by atoms with Gasteiger partial charge in [0.25, 0.3) is 5.91 Å². The largest absolute Gasteiger partial charge is 0.349 e. The maximum atomic E-state index is 13.5. The number of carbonyl (C=O) groups excluding carboxylic acids is 2. The van der Waals surface area contributed by atoms with Gasteiger partial charge in [0, 0.05) is 12.1 Å². The Labute approximate surface area is 141 Å². The number of hydrogen-bond acceptors (Lipinski definition) is 4. The summed E-state index contributed by atoms with van der Waals surface area (Å²) in [4.78, 5) is 28.7. The molecule has 0 radical (unpaired) electrons. The highest BCUT2D eigenvalue weighted by atomic mass is 32.1. The van der Waals surface area contributed by atoms with Crippen molar-refractivity contribution >= 4 is 28.8 Å². The van der Waals surface area contributed by atoms with E-state index >= 15 is 0 Å². The van der Waals surface area contributed by atoms with Crippen LogP contribution in [0, 0.1) is 18.6 Å². The van der Waals surface area contributed by atoms with E-state index in [1.807, 2.05) is 0 Å². The summed E-state index contributed by atoms with van der Waals surface area (Å²) in [6, 6.07) is 3.06. The molecule has 2 N–H and O–H groups in total. The van der Waals surface area contributed by atoms with Crippen molar-refractivity contribution in [3.05, 3.63) is 45.4 Å². The minimum atomic E-state index is -0.718. The van der Waals surface area contributed by atoms with Gasteiger partial charge < -0.3 is 10.6 Å². The summed E-state index contributed by atoms with van der Waals surface area (Å²) in [6.07, 6.45) is 1.86. The number of aryl methyl sites for hydroxylation is 1. The molecule has 126 valence electrons. The molecule has 1 aliphatic carbocycles. The van der Waals surface area contributed by atoms with Crippen molar-refractivity contribution in [3.63, 3.8) is 0 Å². The molecule has 8 heteroatoms. The standard InChI is InChI=1S/C16H15F2N3O2S/c1-8-15(16(23)20-10-3-4-10)24-14(19-8)7-13(22)21-12-6-9(17)2-5-11(12)18/h2,5-6,10H,3-4,7H2,1H3,(H,20,23)(H,21,22). The number of amides is 2. The molecule has 1 aliphatic rings. The van der Waals surface area contributed by atoms with Crippen LogP contribution in [0.15, 0.2) is 18.2 Å². The molecule has 5 nitrogen and oxygen atoms in total. The number of anilines is 1. The molecule has 2 aromatic rings. The lowest BCUT2D eigenvalue weighted by molar-refractivity contribution is -0.115. The van der Waals surface area contributed by atoms with E-state index in [0.29, 0.717) is 15.6 Å². The van der Waals surface area contributed by atoms with Crippen LogP contribution in [0.2, 0.25) is 0 Å². The zero-order chi connectivity index (χ0) is 17.3. The molecule has 1 heterocycles. The Morgan fingerprint density at radius 2 is 2.08 bits per heavy atom. The predicted molar refractivity (Wildman–Crippen MR) is 86.0 cm³/mol. The normalized spacial score (nSPS) is 13.6. The van der Waals surface area contributed by atoms with E-state index in [0.717, 1.165) is 42.4 Å². The predicted octanol–water partition coefficient (Wildman–Crippen LogP) is 2.80. The Bertz CT molecular complexity index is 803. The van der Waals surface area contributed by atoms with Gasteiger partial charge in [0.2, 0.25) is 5.91 Å². The molecule has 0 spiro atoms.